The molecule has 0 bridgehead atoms. The highest BCUT2D eigenvalue weighted by atomic mass is 16.2. The molecule has 80 valence electrons. The lowest BCUT2D eigenvalue weighted by atomic mass is 10.2. The second kappa shape index (κ2) is 3.20. The van der Waals surface area contributed by atoms with E-state index in [1.807, 2.05) is 6.07 Å². The summed E-state index contributed by atoms with van der Waals surface area (Å²) in [5.41, 5.74) is 4.58. The summed E-state index contributed by atoms with van der Waals surface area (Å²) in [5, 5.41) is 8.90. The summed E-state index contributed by atoms with van der Waals surface area (Å²) in [6.07, 6.45) is 0. The molecule has 2 heterocycles. The van der Waals surface area contributed by atoms with Crippen molar-refractivity contribution in [3.8, 4) is 6.07 Å². The molecule has 7 heteroatoms. The molecule has 0 aliphatic carbocycles. The molecule has 3 N–H and O–H groups in total. The lowest BCUT2D eigenvalue weighted by Gasteiger charge is -2.02. The van der Waals surface area contributed by atoms with Crippen LogP contribution >= 0.6 is 0 Å². The van der Waals surface area contributed by atoms with Crippen LogP contribution in [0, 0.1) is 11.3 Å². The fraction of sp³-hybridized carbons (Fsp3) is 0.111. The smallest absolute Gasteiger partial charge is 0.329 e. The average Bonchev–Trinajstić information content (AvgIpc) is 2.26. The number of hydrogen-bond acceptors (Lipinski definition) is 5. The normalized spacial score (nSPS) is 10.2. The van der Waals surface area contributed by atoms with Gasteiger partial charge in [0.1, 0.15) is 17.5 Å². The van der Waals surface area contributed by atoms with Crippen LogP contribution in [0.25, 0.3) is 11.0 Å². The predicted molar refractivity (Wildman–Crippen MR) is 56.7 cm³/mol. The number of nitriles is 1. The van der Waals surface area contributed by atoms with Crippen molar-refractivity contribution in [2.24, 2.45) is 7.05 Å². The van der Waals surface area contributed by atoms with Gasteiger partial charge in [-0.05, 0) is 6.07 Å². The van der Waals surface area contributed by atoms with E-state index < -0.39 is 11.2 Å². The number of aromatic amines is 1. The van der Waals surface area contributed by atoms with Gasteiger partial charge in [0.15, 0.2) is 0 Å². The van der Waals surface area contributed by atoms with Gasteiger partial charge >= 0.3 is 5.69 Å². The minimum atomic E-state index is -0.575. The van der Waals surface area contributed by atoms with E-state index in [4.69, 9.17) is 11.0 Å². The molecule has 7 nitrogen and oxygen atoms in total. The number of aromatic nitrogens is 3. The molecular formula is C9H7N5O2. The third kappa shape index (κ3) is 1.25. The van der Waals surface area contributed by atoms with Crippen molar-refractivity contribution in [3.05, 3.63) is 32.5 Å². The minimum absolute atomic E-state index is 0.0149. The summed E-state index contributed by atoms with van der Waals surface area (Å²) in [6, 6.07) is 3.14. The molecule has 2 aromatic rings. The van der Waals surface area contributed by atoms with Crippen molar-refractivity contribution in [2.75, 3.05) is 5.73 Å². The Morgan fingerprint density at radius 1 is 1.56 bits per heavy atom. The van der Waals surface area contributed by atoms with Gasteiger partial charge in [-0.1, -0.05) is 0 Å². The molecule has 0 aromatic carbocycles. The quantitative estimate of drug-likeness (QED) is 0.591. The van der Waals surface area contributed by atoms with Crippen molar-refractivity contribution in [1.82, 2.24) is 14.5 Å². The standard InChI is InChI=1S/C9H7N5O2/c1-14-8(15)5-2-4(3-10)6(11)12-7(5)13-9(14)16/h2H,1H3,(H3,11,12,13,16). The van der Waals surface area contributed by atoms with Gasteiger partial charge in [-0.3, -0.25) is 14.3 Å². The molecule has 0 aliphatic heterocycles. The number of hydrogen-bond donors (Lipinski definition) is 2. The summed E-state index contributed by atoms with van der Waals surface area (Å²) in [4.78, 5) is 29.2. The van der Waals surface area contributed by atoms with Gasteiger partial charge in [-0.25, -0.2) is 9.78 Å². The van der Waals surface area contributed by atoms with Gasteiger partial charge in [-0.15, -0.1) is 0 Å². The highest BCUT2D eigenvalue weighted by Crippen LogP contribution is 2.11. The fourth-order valence-corrected chi connectivity index (χ4v) is 1.33. The fourth-order valence-electron chi connectivity index (χ4n) is 1.33. The first kappa shape index (κ1) is 9.92. The van der Waals surface area contributed by atoms with Crippen LogP contribution in [0.3, 0.4) is 0 Å². The molecule has 16 heavy (non-hydrogen) atoms. The number of nitrogens with zero attached hydrogens (tertiary/aromatic N) is 3. The third-order valence-electron chi connectivity index (χ3n) is 2.24. The summed E-state index contributed by atoms with van der Waals surface area (Å²) >= 11 is 0. The van der Waals surface area contributed by atoms with Crippen LogP contribution in [-0.4, -0.2) is 14.5 Å². The predicted octanol–water partition coefficient (Wildman–Crippen LogP) is -0.924. The van der Waals surface area contributed by atoms with E-state index in [0.29, 0.717) is 0 Å². The first-order chi connectivity index (χ1) is 7.54. The Bertz CT molecular complexity index is 734. The summed E-state index contributed by atoms with van der Waals surface area (Å²) in [6.45, 7) is 0. The Labute approximate surface area is 88.8 Å². The van der Waals surface area contributed by atoms with E-state index in [9.17, 15) is 9.59 Å². The number of nitrogens with two attached hydrogens (primary N) is 1. The summed E-state index contributed by atoms with van der Waals surface area (Å²) in [5.74, 6) is -0.0149. The highest BCUT2D eigenvalue weighted by molar-refractivity contribution is 5.78. The highest BCUT2D eigenvalue weighted by Gasteiger charge is 2.09. The molecule has 0 fully saturated rings. The number of H-pyrrole nitrogens is 1. The largest absolute Gasteiger partial charge is 0.383 e. The van der Waals surface area contributed by atoms with Gasteiger partial charge in [-0.2, -0.15) is 5.26 Å². The van der Waals surface area contributed by atoms with E-state index in [1.54, 1.807) is 0 Å². The monoisotopic (exact) mass is 217 g/mol. The SMILES string of the molecule is Cn1c(=O)[nH]c2nc(N)c(C#N)cc2c1=O. The Hall–Kier alpha value is -2.62. The Balaban J connectivity index is 3.06. The molecule has 0 aliphatic rings. The number of fused-ring (bicyclic) bond motifs is 1. The molecule has 0 atom stereocenters. The first-order valence-corrected chi connectivity index (χ1v) is 4.34. The van der Waals surface area contributed by atoms with Gasteiger partial charge in [0.2, 0.25) is 0 Å². The summed E-state index contributed by atoms with van der Waals surface area (Å²) < 4.78 is 0.904. The molecule has 0 amide bonds. The molecule has 0 spiro atoms. The maximum absolute atomic E-state index is 11.7. The molecule has 0 radical (unpaired) electrons. The number of anilines is 1. The minimum Gasteiger partial charge on any atom is -0.383 e. The van der Waals surface area contributed by atoms with Crippen molar-refractivity contribution >= 4 is 16.9 Å². The average molecular weight is 217 g/mol. The zero-order valence-electron chi connectivity index (χ0n) is 8.31. The van der Waals surface area contributed by atoms with Crippen LogP contribution in [-0.2, 0) is 7.05 Å². The Morgan fingerprint density at radius 2 is 2.25 bits per heavy atom. The topological polar surface area (TPSA) is 118 Å². The van der Waals surface area contributed by atoms with Crippen LogP contribution in [0.15, 0.2) is 15.7 Å². The van der Waals surface area contributed by atoms with Crippen molar-refractivity contribution in [2.45, 2.75) is 0 Å². The van der Waals surface area contributed by atoms with E-state index in [1.165, 1.54) is 13.1 Å². The van der Waals surface area contributed by atoms with E-state index in [-0.39, 0.29) is 22.4 Å². The molecule has 2 rings (SSSR count). The van der Waals surface area contributed by atoms with Crippen molar-refractivity contribution in [3.63, 3.8) is 0 Å². The molecule has 0 saturated heterocycles. The van der Waals surface area contributed by atoms with E-state index >= 15 is 0 Å². The first-order valence-electron chi connectivity index (χ1n) is 4.34. The van der Waals surface area contributed by atoms with Crippen LogP contribution < -0.4 is 17.0 Å². The molecule has 0 saturated carbocycles. The zero-order valence-corrected chi connectivity index (χ0v) is 8.31. The lowest BCUT2D eigenvalue weighted by molar-refractivity contribution is 0.791. The number of nitrogen functional groups attached to an aromatic ring is 1. The van der Waals surface area contributed by atoms with Crippen LogP contribution in [0.1, 0.15) is 5.56 Å². The Kier molecular flexibility index (Phi) is 1.98. The van der Waals surface area contributed by atoms with Gasteiger partial charge in [0.25, 0.3) is 5.56 Å². The maximum Gasteiger partial charge on any atom is 0.329 e. The van der Waals surface area contributed by atoms with Gasteiger partial charge in [0, 0.05) is 7.05 Å². The van der Waals surface area contributed by atoms with Crippen molar-refractivity contribution < 1.29 is 0 Å². The van der Waals surface area contributed by atoms with Crippen LogP contribution in [0.5, 0.6) is 0 Å². The Morgan fingerprint density at radius 3 is 2.88 bits per heavy atom. The third-order valence-corrected chi connectivity index (χ3v) is 2.24. The van der Waals surface area contributed by atoms with E-state index in [2.05, 4.69) is 9.97 Å². The number of rotatable bonds is 0. The number of pyridine rings is 1. The second-order valence-corrected chi connectivity index (χ2v) is 3.22. The van der Waals surface area contributed by atoms with Crippen LogP contribution in [0.4, 0.5) is 5.82 Å². The van der Waals surface area contributed by atoms with Gasteiger partial charge < -0.3 is 5.73 Å². The molecule has 2 aromatic heterocycles. The maximum atomic E-state index is 11.7. The van der Waals surface area contributed by atoms with E-state index in [0.717, 1.165) is 4.57 Å². The molecular weight excluding hydrogens is 210 g/mol. The second-order valence-electron chi connectivity index (χ2n) is 3.22. The number of nitrogens with one attached hydrogen (secondary N) is 1. The lowest BCUT2D eigenvalue weighted by Crippen LogP contribution is -2.32. The molecule has 0 unspecified atom stereocenters. The van der Waals surface area contributed by atoms with Crippen molar-refractivity contribution in [1.29, 1.82) is 5.26 Å². The zero-order chi connectivity index (χ0) is 11.9. The van der Waals surface area contributed by atoms with Crippen LogP contribution in [0.2, 0.25) is 0 Å². The summed E-state index contributed by atoms with van der Waals surface area (Å²) in [7, 11) is 1.34. The van der Waals surface area contributed by atoms with Gasteiger partial charge in [0.05, 0.1) is 10.9 Å².